The molecule has 0 bridgehead atoms. The molecule has 5 heteroatoms. The van der Waals surface area contributed by atoms with Crippen molar-refractivity contribution in [3.05, 3.63) is 52.8 Å². The summed E-state index contributed by atoms with van der Waals surface area (Å²) in [5.74, 6) is 0. The standard InChI is InChI=1S/C20H25N3O2/c1-14-16(13-22-19(23-14)24-2)12-21-18-17-6-4-3-5-15(17)11-20(18)7-9-25-10-8-20/h3-6,13,18,21H,7-12H2,1-2H3. The van der Waals surface area contributed by atoms with Gasteiger partial charge in [0.15, 0.2) is 0 Å². The number of ether oxygens (including phenoxy) is 2. The highest BCUT2D eigenvalue weighted by Gasteiger charge is 2.46. The molecule has 2 aromatic rings. The van der Waals surface area contributed by atoms with Crippen molar-refractivity contribution in [3.63, 3.8) is 0 Å². The van der Waals surface area contributed by atoms with Gasteiger partial charge in [-0.3, -0.25) is 0 Å². The number of hydrogen-bond donors (Lipinski definition) is 1. The van der Waals surface area contributed by atoms with Crippen molar-refractivity contribution in [2.75, 3.05) is 20.3 Å². The molecule has 1 fully saturated rings. The first-order valence-electron chi connectivity index (χ1n) is 8.97. The van der Waals surface area contributed by atoms with Gasteiger partial charge < -0.3 is 14.8 Å². The van der Waals surface area contributed by atoms with Crippen LogP contribution in [0.5, 0.6) is 6.01 Å². The molecule has 0 saturated carbocycles. The minimum absolute atomic E-state index is 0.267. The molecule has 1 N–H and O–H groups in total. The Morgan fingerprint density at radius 2 is 2.08 bits per heavy atom. The minimum atomic E-state index is 0.267. The molecule has 1 aromatic carbocycles. The van der Waals surface area contributed by atoms with Crippen molar-refractivity contribution in [2.45, 2.75) is 38.8 Å². The second-order valence-electron chi connectivity index (χ2n) is 7.13. The molecule has 25 heavy (non-hydrogen) atoms. The van der Waals surface area contributed by atoms with Gasteiger partial charge in [-0.15, -0.1) is 0 Å². The number of rotatable bonds is 4. The first kappa shape index (κ1) is 16.5. The van der Waals surface area contributed by atoms with Crippen molar-refractivity contribution in [3.8, 4) is 6.01 Å². The predicted octanol–water partition coefficient (Wildman–Crippen LogP) is 2.98. The molecule has 1 spiro atoms. The molecule has 132 valence electrons. The van der Waals surface area contributed by atoms with Crippen LogP contribution in [-0.2, 0) is 17.7 Å². The van der Waals surface area contributed by atoms with E-state index in [2.05, 4.69) is 39.6 Å². The van der Waals surface area contributed by atoms with Gasteiger partial charge in [-0.2, -0.15) is 0 Å². The van der Waals surface area contributed by atoms with Crippen LogP contribution in [0.1, 0.15) is 41.3 Å². The number of benzene rings is 1. The molecule has 0 amide bonds. The lowest BCUT2D eigenvalue weighted by atomic mass is 9.74. The van der Waals surface area contributed by atoms with Crippen LogP contribution in [0.2, 0.25) is 0 Å². The fourth-order valence-corrected chi connectivity index (χ4v) is 4.31. The summed E-state index contributed by atoms with van der Waals surface area (Å²) in [5.41, 5.74) is 5.27. The zero-order chi connectivity index (χ0) is 17.3. The Bertz CT molecular complexity index is 756. The topological polar surface area (TPSA) is 56.3 Å². The summed E-state index contributed by atoms with van der Waals surface area (Å²) in [6, 6.07) is 9.62. The SMILES string of the molecule is COc1ncc(CNC2c3ccccc3CC23CCOCC3)c(C)n1. The summed E-state index contributed by atoms with van der Waals surface area (Å²) in [6.07, 6.45) is 5.23. The maximum absolute atomic E-state index is 5.65. The van der Waals surface area contributed by atoms with Crippen LogP contribution in [0.3, 0.4) is 0 Å². The summed E-state index contributed by atoms with van der Waals surface area (Å²) in [5, 5.41) is 3.82. The summed E-state index contributed by atoms with van der Waals surface area (Å²) in [7, 11) is 1.59. The fourth-order valence-electron chi connectivity index (χ4n) is 4.31. The number of nitrogens with zero attached hydrogens (tertiary/aromatic N) is 2. The average Bonchev–Trinajstić information content (AvgIpc) is 2.93. The lowest BCUT2D eigenvalue weighted by Crippen LogP contribution is -2.40. The number of aromatic nitrogens is 2. The largest absolute Gasteiger partial charge is 0.467 e. The first-order valence-corrected chi connectivity index (χ1v) is 8.97. The number of methoxy groups -OCH3 is 1. The number of nitrogens with one attached hydrogen (secondary N) is 1. The maximum atomic E-state index is 5.65. The number of hydrogen-bond acceptors (Lipinski definition) is 5. The third kappa shape index (κ3) is 3.02. The van der Waals surface area contributed by atoms with Gasteiger partial charge in [0.25, 0.3) is 0 Å². The molecule has 1 unspecified atom stereocenters. The van der Waals surface area contributed by atoms with E-state index in [0.717, 1.165) is 50.3 Å². The molecule has 1 saturated heterocycles. The van der Waals surface area contributed by atoms with E-state index in [4.69, 9.17) is 9.47 Å². The second-order valence-corrected chi connectivity index (χ2v) is 7.13. The normalized spacial score (nSPS) is 21.3. The Morgan fingerprint density at radius 1 is 1.28 bits per heavy atom. The first-order chi connectivity index (χ1) is 12.2. The van der Waals surface area contributed by atoms with Gasteiger partial charge in [-0.05, 0) is 42.7 Å². The van der Waals surface area contributed by atoms with Crippen molar-refractivity contribution in [2.24, 2.45) is 5.41 Å². The van der Waals surface area contributed by atoms with Gasteiger partial charge in [0.2, 0.25) is 0 Å². The minimum Gasteiger partial charge on any atom is -0.467 e. The third-order valence-electron chi connectivity index (χ3n) is 5.75. The van der Waals surface area contributed by atoms with E-state index in [-0.39, 0.29) is 5.41 Å². The van der Waals surface area contributed by atoms with E-state index in [1.807, 2.05) is 13.1 Å². The Morgan fingerprint density at radius 3 is 2.84 bits per heavy atom. The van der Waals surface area contributed by atoms with E-state index in [9.17, 15) is 0 Å². The monoisotopic (exact) mass is 339 g/mol. The van der Waals surface area contributed by atoms with Gasteiger partial charge >= 0.3 is 6.01 Å². The Labute approximate surface area is 148 Å². The van der Waals surface area contributed by atoms with Crippen molar-refractivity contribution >= 4 is 0 Å². The highest BCUT2D eigenvalue weighted by atomic mass is 16.5. The molecule has 0 radical (unpaired) electrons. The predicted molar refractivity (Wildman–Crippen MR) is 95.5 cm³/mol. The highest BCUT2D eigenvalue weighted by Crippen LogP contribution is 2.51. The fraction of sp³-hybridized carbons (Fsp3) is 0.500. The van der Waals surface area contributed by atoms with Gasteiger partial charge in [-0.25, -0.2) is 9.97 Å². The second kappa shape index (κ2) is 6.73. The Balaban J connectivity index is 1.58. The molecule has 1 aliphatic heterocycles. The van der Waals surface area contributed by atoms with Crippen molar-refractivity contribution in [1.82, 2.24) is 15.3 Å². The van der Waals surface area contributed by atoms with Crippen LogP contribution < -0.4 is 10.1 Å². The molecule has 2 heterocycles. The molecule has 1 aromatic heterocycles. The molecule has 1 atom stereocenters. The molecule has 2 aliphatic rings. The van der Waals surface area contributed by atoms with Crippen LogP contribution in [0.25, 0.3) is 0 Å². The molecule has 1 aliphatic carbocycles. The summed E-state index contributed by atoms with van der Waals surface area (Å²) in [6.45, 7) is 4.49. The maximum Gasteiger partial charge on any atom is 0.316 e. The van der Waals surface area contributed by atoms with Gasteiger partial charge in [-0.1, -0.05) is 24.3 Å². The highest BCUT2D eigenvalue weighted by molar-refractivity contribution is 5.38. The summed E-state index contributed by atoms with van der Waals surface area (Å²) < 4.78 is 10.8. The van der Waals surface area contributed by atoms with E-state index < -0.39 is 0 Å². The molecular formula is C20H25N3O2. The van der Waals surface area contributed by atoms with Crippen LogP contribution in [0.15, 0.2) is 30.5 Å². The smallest absolute Gasteiger partial charge is 0.316 e. The Hall–Kier alpha value is -1.98. The van der Waals surface area contributed by atoms with Crippen molar-refractivity contribution in [1.29, 1.82) is 0 Å². The van der Waals surface area contributed by atoms with E-state index >= 15 is 0 Å². The number of aryl methyl sites for hydroxylation is 1. The molecule has 4 rings (SSSR count). The van der Waals surface area contributed by atoms with E-state index in [0.29, 0.717) is 12.1 Å². The van der Waals surface area contributed by atoms with E-state index in [1.54, 1.807) is 7.11 Å². The summed E-state index contributed by atoms with van der Waals surface area (Å²) in [4.78, 5) is 8.65. The third-order valence-corrected chi connectivity index (χ3v) is 5.75. The van der Waals surface area contributed by atoms with Crippen LogP contribution >= 0.6 is 0 Å². The van der Waals surface area contributed by atoms with Crippen molar-refractivity contribution < 1.29 is 9.47 Å². The zero-order valence-electron chi connectivity index (χ0n) is 14.9. The lowest BCUT2D eigenvalue weighted by Gasteiger charge is -2.39. The van der Waals surface area contributed by atoms with E-state index in [1.165, 1.54) is 11.1 Å². The van der Waals surface area contributed by atoms with Gasteiger partial charge in [0, 0.05) is 43.3 Å². The van der Waals surface area contributed by atoms with Crippen LogP contribution in [0.4, 0.5) is 0 Å². The average molecular weight is 339 g/mol. The lowest BCUT2D eigenvalue weighted by molar-refractivity contribution is -0.000247. The summed E-state index contributed by atoms with van der Waals surface area (Å²) >= 11 is 0. The Kier molecular flexibility index (Phi) is 4.44. The zero-order valence-corrected chi connectivity index (χ0v) is 14.9. The molecule has 5 nitrogen and oxygen atoms in total. The quantitative estimate of drug-likeness (QED) is 0.928. The van der Waals surface area contributed by atoms with Crippen LogP contribution in [-0.4, -0.2) is 30.3 Å². The van der Waals surface area contributed by atoms with Gasteiger partial charge in [0.05, 0.1) is 7.11 Å². The van der Waals surface area contributed by atoms with Crippen LogP contribution in [0, 0.1) is 12.3 Å². The van der Waals surface area contributed by atoms with Gasteiger partial charge in [0.1, 0.15) is 0 Å². The number of fused-ring (bicyclic) bond motifs is 1. The molecular weight excluding hydrogens is 314 g/mol.